The highest BCUT2D eigenvalue weighted by Crippen LogP contribution is 2.23. The third kappa shape index (κ3) is 4.64. The topological polar surface area (TPSA) is 86.5 Å². The summed E-state index contributed by atoms with van der Waals surface area (Å²) >= 11 is 5.86. The van der Waals surface area contributed by atoms with Crippen molar-refractivity contribution in [1.82, 2.24) is 0 Å². The van der Waals surface area contributed by atoms with Gasteiger partial charge in [-0.2, -0.15) is 0 Å². The number of benzene rings is 2. The van der Waals surface area contributed by atoms with Crippen LogP contribution < -0.4 is 0 Å². The lowest BCUT2D eigenvalue weighted by Crippen LogP contribution is -2.14. The first-order valence-corrected chi connectivity index (χ1v) is 7.91. The summed E-state index contributed by atoms with van der Waals surface area (Å²) in [4.78, 5) is 34.1. The second kappa shape index (κ2) is 7.90. The molecule has 0 spiro atoms. The minimum absolute atomic E-state index is 0.0322. The van der Waals surface area contributed by atoms with Gasteiger partial charge in [0.05, 0.1) is 15.5 Å². The average Bonchev–Trinajstić information content (AvgIpc) is 2.59. The summed E-state index contributed by atoms with van der Waals surface area (Å²) in [5.74, 6) is -0.806. The number of Topliss-reactive ketones (excluding diaryl/α,β-unsaturated/α-hetero) is 1. The summed E-state index contributed by atoms with van der Waals surface area (Å²) in [6, 6.07) is 10.5. The van der Waals surface area contributed by atoms with Crippen LogP contribution in [0.25, 0.3) is 0 Å². The van der Waals surface area contributed by atoms with Crippen LogP contribution in [0.5, 0.6) is 0 Å². The average molecular weight is 362 g/mol. The van der Waals surface area contributed by atoms with E-state index in [1.807, 2.05) is 26.0 Å². The highest BCUT2D eigenvalue weighted by atomic mass is 35.5. The molecule has 0 bridgehead atoms. The summed E-state index contributed by atoms with van der Waals surface area (Å²) in [5.41, 5.74) is 1.27. The van der Waals surface area contributed by atoms with Crippen molar-refractivity contribution in [3.63, 3.8) is 0 Å². The zero-order valence-electron chi connectivity index (χ0n) is 13.7. The van der Waals surface area contributed by atoms with Gasteiger partial charge in [-0.1, -0.05) is 49.7 Å². The Morgan fingerprint density at radius 1 is 1.16 bits per heavy atom. The first-order valence-electron chi connectivity index (χ1n) is 7.54. The number of carbonyl (C=O) groups is 2. The quantitative estimate of drug-likeness (QED) is 0.329. The number of non-ortho nitro benzene ring substituents is 1. The van der Waals surface area contributed by atoms with Gasteiger partial charge in [-0.25, -0.2) is 4.79 Å². The third-order valence-corrected chi connectivity index (χ3v) is 3.93. The van der Waals surface area contributed by atoms with Crippen molar-refractivity contribution >= 4 is 29.0 Å². The van der Waals surface area contributed by atoms with Crippen molar-refractivity contribution in [2.24, 2.45) is 0 Å². The van der Waals surface area contributed by atoms with Crippen LogP contribution >= 0.6 is 11.6 Å². The summed E-state index contributed by atoms with van der Waals surface area (Å²) in [7, 11) is 0. The molecule has 0 amide bonds. The molecule has 0 saturated carbocycles. The molecule has 2 rings (SSSR count). The van der Waals surface area contributed by atoms with Crippen molar-refractivity contribution in [3.05, 3.63) is 74.3 Å². The van der Waals surface area contributed by atoms with Crippen molar-refractivity contribution in [2.45, 2.75) is 19.8 Å². The van der Waals surface area contributed by atoms with Gasteiger partial charge in [0.15, 0.2) is 12.4 Å². The maximum Gasteiger partial charge on any atom is 0.340 e. The molecule has 0 aliphatic carbocycles. The lowest BCUT2D eigenvalue weighted by Gasteiger charge is -2.08. The minimum atomic E-state index is -0.813. The van der Waals surface area contributed by atoms with E-state index >= 15 is 0 Å². The Morgan fingerprint density at radius 2 is 1.80 bits per heavy atom. The zero-order valence-corrected chi connectivity index (χ0v) is 14.4. The van der Waals surface area contributed by atoms with E-state index in [0.717, 1.165) is 17.7 Å². The van der Waals surface area contributed by atoms with Gasteiger partial charge in [0.1, 0.15) is 0 Å². The standard InChI is InChI=1S/C18H16ClNO5/c1-11(2)12-3-5-13(6-4-12)17(21)10-25-18(22)15-8-7-14(20(23)24)9-16(15)19/h3-9,11H,10H2,1-2H3. The van der Waals surface area contributed by atoms with Crippen LogP contribution in [-0.4, -0.2) is 23.3 Å². The molecule has 130 valence electrons. The molecule has 6 nitrogen and oxygen atoms in total. The molecule has 0 aliphatic heterocycles. The molecule has 25 heavy (non-hydrogen) atoms. The predicted octanol–water partition coefficient (Wildman–Crippen LogP) is 4.41. The summed E-state index contributed by atoms with van der Waals surface area (Å²) in [6.07, 6.45) is 0. The van der Waals surface area contributed by atoms with Crippen LogP contribution in [0.15, 0.2) is 42.5 Å². The van der Waals surface area contributed by atoms with Crippen molar-refractivity contribution < 1.29 is 19.2 Å². The van der Waals surface area contributed by atoms with Gasteiger partial charge in [-0.3, -0.25) is 14.9 Å². The van der Waals surface area contributed by atoms with E-state index in [1.165, 1.54) is 6.07 Å². The van der Waals surface area contributed by atoms with Gasteiger partial charge >= 0.3 is 5.97 Å². The van der Waals surface area contributed by atoms with Gasteiger partial charge in [-0.15, -0.1) is 0 Å². The molecule has 0 aliphatic rings. The van der Waals surface area contributed by atoms with E-state index < -0.39 is 17.5 Å². The Balaban J connectivity index is 2.01. The molecule has 0 heterocycles. The number of nitro benzene ring substituents is 1. The third-order valence-electron chi connectivity index (χ3n) is 3.62. The zero-order chi connectivity index (χ0) is 18.6. The van der Waals surface area contributed by atoms with E-state index in [1.54, 1.807) is 12.1 Å². The Bertz CT molecular complexity index is 815. The first kappa shape index (κ1) is 18.6. The normalized spacial score (nSPS) is 10.6. The lowest BCUT2D eigenvalue weighted by molar-refractivity contribution is -0.384. The number of nitro groups is 1. The number of esters is 1. The number of hydrogen-bond acceptors (Lipinski definition) is 5. The lowest BCUT2D eigenvalue weighted by atomic mass is 10.0. The van der Waals surface area contributed by atoms with E-state index in [2.05, 4.69) is 0 Å². The van der Waals surface area contributed by atoms with Crippen LogP contribution in [0.3, 0.4) is 0 Å². The molecule has 0 fully saturated rings. The molecule has 7 heteroatoms. The van der Waals surface area contributed by atoms with Gasteiger partial charge < -0.3 is 4.74 Å². The van der Waals surface area contributed by atoms with Gasteiger partial charge in [0.2, 0.25) is 0 Å². The fraction of sp³-hybridized carbons (Fsp3) is 0.222. The Morgan fingerprint density at radius 3 is 2.32 bits per heavy atom. The van der Waals surface area contributed by atoms with Crippen LogP contribution in [0, 0.1) is 10.1 Å². The number of carbonyl (C=O) groups excluding carboxylic acids is 2. The van der Waals surface area contributed by atoms with E-state index in [4.69, 9.17) is 16.3 Å². The number of halogens is 1. The number of ketones is 1. The molecule has 0 radical (unpaired) electrons. The van der Waals surface area contributed by atoms with E-state index in [-0.39, 0.29) is 22.1 Å². The predicted molar refractivity (Wildman–Crippen MR) is 93.3 cm³/mol. The minimum Gasteiger partial charge on any atom is -0.454 e. The molecule has 2 aromatic rings. The first-order chi connectivity index (χ1) is 11.8. The van der Waals surface area contributed by atoms with Crippen molar-refractivity contribution in [3.8, 4) is 0 Å². The fourth-order valence-corrected chi connectivity index (χ4v) is 2.38. The Labute approximate surface area is 149 Å². The summed E-state index contributed by atoms with van der Waals surface area (Å²) in [6.45, 7) is 3.66. The van der Waals surface area contributed by atoms with Gasteiger partial charge in [-0.05, 0) is 17.5 Å². The van der Waals surface area contributed by atoms with Crippen LogP contribution in [0.1, 0.15) is 46.0 Å². The monoisotopic (exact) mass is 361 g/mol. The highest BCUT2D eigenvalue weighted by molar-refractivity contribution is 6.33. The van der Waals surface area contributed by atoms with Crippen molar-refractivity contribution in [1.29, 1.82) is 0 Å². The number of ether oxygens (including phenoxy) is 1. The number of nitrogens with zero attached hydrogens (tertiary/aromatic N) is 1. The molecule has 0 unspecified atom stereocenters. The molecule has 2 aromatic carbocycles. The summed E-state index contributed by atoms with van der Waals surface area (Å²) in [5, 5.41) is 10.6. The Hall–Kier alpha value is -2.73. The smallest absolute Gasteiger partial charge is 0.340 e. The molecule has 0 atom stereocenters. The molecular weight excluding hydrogens is 346 g/mol. The highest BCUT2D eigenvalue weighted by Gasteiger charge is 2.17. The van der Waals surface area contributed by atoms with Gasteiger partial charge in [0.25, 0.3) is 5.69 Å². The van der Waals surface area contributed by atoms with E-state index in [0.29, 0.717) is 11.5 Å². The SMILES string of the molecule is CC(C)c1ccc(C(=O)COC(=O)c2ccc([N+](=O)[O-])cc2Cl)cc1. The number of rotatable bonds is 6. The van der Waals surface area contributed by atoms with Crippen molar-refractivity contribution in [2.75, 3.05) is 6.61 Å². The second-order valence-electron chi connectivity index (χ2n) is 5.70. The number of hydrogen-bond donors (Lipinski definition) is 0. The molecular formula is C18H16ClNO5. The second-order valence-corrected chi connectivity index (χ2v) is 6.10. The molecule has 0 saturated heterocycles. The molecule has 0 aromatic heterocycles. The largest absolute Gasteiger partial charge is 0.454 e. The summed E-state index contributed by atoms with van der Waals surface area (Å²) < 4.78 is 4.96. The van der Waals surface area contributed by atoms with E-state index in [9.17, 15) is 19.7 Å². The van der Waals surface area contributed by atoms with Gasteiger partial charge in [0, 0.05) is 17.7 Å². The van der Waals surface area contributed by atoms with Crippen LogP contribution in [0.2, 0.25) is 5.02 Å². The molecule has 0 N–H and O–H groups in total. The van der Waals surface area contributed by atoms with Crippen LogP contribution in [0.4, 0.5) is 5.69 Å². The fourth-order valence-electron chi connectivity index (χ4n) is 2.13. The maximum absolute atomic E-state index is 12.1. The maximum atomic E-state index is 12.1. The van der Waals surface area contributed by atoms with Crippen LogP contribution in [-0.2, 0) is 4.74 Å². The Kier molecular flexibility index (Phi) is 5.88.